The van der Waals surface area contributed by atoms with Gasteiger partial charge in [-0.15, -0.1) is 0 Å². The molecule has 1 unspecified atom stereocenters. The monoisotopic (exact) mass is 257 g/mol. The molecule has 1 aromatic heterocycles. The Balaban J connectivity index is 0.000000180. The number of pyridine rings is 1. The molecule has 1 atom stereocenters. The van der Waals surface area contributed by atoms with Gasteiger partial charge in [0.25, 0.3) is 0 Å². The highest BCUT2D eigenvalue weighted by Crippen LogP contribution is 2.21. The molecule has 1 aromatic rings. The van der Waals surface area contributed by atoms with E-state index in [0.29, 0.717) is 12.3 Å². The molecule has 6 nitrogen and oxygen atoms in total. The standard InChI is InChI=1S/C6H7NO2.C6H12O3/c1-4-6(9)5(8)2-3-7-4;1-6(2)8-4-5(3-7)9-6/h2-3,9H,1H3,(H,7,8);5,7H,3-4H2,1-2H3. The fourth-order valence-electron chi connectivity index (χ4n) is 1.43. The zero-order valence-electron chi connectivity index (χ0n) is 10.8. The zero-order valence-corrected chi connectivity index (χ0v) is 10.8. The van der Waals surface area contributed by atoms with E-state index in [4.69, 9.17) is 19.7 Å². The van der Waals surface area contributed by atoms with Gasteiger partial charge in [-0.25, -0.2) is 0 Å². The van der Waals surface area contributed by atoms with E-state index in [1.165, 1.54) is 12.3 Å². The van der Waals surface area contributed by atoms with Crippen LogP contribution in [0.15, 0.2) is 17.1 Å². The Morgan fingerprint density at radius 3 is 2.56 bits per heavy atom. The Kier molecular flexibility index (Phi) is 4.89. The van der Waals surface area contributed by atoms with Crippen LogP contribution in [0.3, 0.4) is 0 Å². The summed E-state index contributed by atoms with van der Waals surface area (Å²) in [6.07, 6.45) is 1.37. The number of nitrogens with one attached hydrogen (secondary N) is 1. The summed E-state index contributed by atoms with van der Waals surface area (Å²) in [5.41, 5.74) is 0.161. The Hall–Kier alpha value is -1.37. The first-order chi connectivity index (χ1) is 8.35. The highest BCUT2D eigenvalue weighted by molar-refractivity contribution is 5.23. The van der Waals surface area contributed by atoms with E-state index >= 15 is 0 Å². The third-order valence-corrected chi connectivity index (χ3v) is 2.39. The number of aromatic amines is 1. The smallest absolute Gasteiger partial charge is 0.223 e. The van der Waals surface area contributed by atoms with Crippen LogP contribution in [0.5, 0.6) is 5.75 Å². The lowest BCUT2D eigenvalue weighted by molar-refractivity contribution is -0.142. The molecule has 0 saturated carbocycles. The van der Waals surface area contributed by atoms with Gasteiger partial charge in [-0.2, -0.15) is 0 Å². The molecule has 0 bridgehead atoms. The van der Waals surface area contributed by atoms with Crippen molar-refractivity contribution in [3.8, 4) is 5.75 Å². The van der Waals surface area contributed by atoms with Crippen LogP contribution in [0.25, 0.3) is 0 Å². The minimum Gasteiger partial charge on any atom is -0.503 e. The van der Waals surface area contributed by atoms with E-state index in [1.54, 1.807) is 6.92 Å². The van der Waals surface area contributed by atoms with Gasteiger partial charge in [-0.05, 0) is 20.8 Å². The summed E-state index contributed by atoms with van der Waals surface area (Å²) in [5.74, 6) is -0.689. The summed E-state index contributed by atoms with van der Waals surface area (Å²) in [5, 5.41) is 17.5. The molecule has 0 spiro atoms. The molecule has 1 aliphatic rings. The molecule has 0 radical (unpaired) electrons. The van der Waals surface area contributed by atoms with Crippen molar-refractivity contribution in [2.75, 3.05) is 13.2 Å². The van der Waals surface area contributed by atoms with E-state index in [0.717, 1.165) is 0 Å². The van der Waals surface area contributed by atoms with E-state index in [2.05, 4.69) is 4.98 Å². The number of aryl methyl sites for hydroxylation is 1. The van der Waals surface area contributed by atoms with Crippen LogP contribution in [0.2, 0.25) is 0 Å². The van der Waals surface area contributed by atoms with Crippen molar-refractivity contribution in [1.82, 2.24) is 4.98 Å². The lowest BCUT2D eigenvalue weighted by atomic mass is 10.3. The summed E-state index contributed by atoms with van der Waals surface area (Å²) >= 11 is 0. The summed E-state index contributed by atoms with van der Waals surface area (Å²) in [7, 11) is 0. The highest BCUT2D eigenvalue weighted by Gasteiger charge is 2.31. The lowest BCUT2D eigenvalue weighted by Gasteiger charge is -2.15. The maximum Gasteiger partial charge on any atom is 0.223 e. The third-order valence-electron chi connectivity index (χ3n) is 2.39. The summed E-state index contributed by atoms with van der Waals surface area (Å²) in [6, 6.07) is 1.28. The Morgan fingerprint density at radius 1 is 1.56 bits per heavy atom. The van der Waals surface area contributed by atoms with Crippen molar-refractivity contribution in [3.63, 3.8) is 0 Å². The largest absolute Gasteiger partial charge is 0.503 e. The van der Waals surface area contributed by atoms with Gasteiger partial charge in [-0.3, -0.25) is 4.79 Å². The Morgan fingerprint density at radius 2 is 2.22 bits per heavy atom. The quantitative estimate of drug-likeness (QED) is 0.682. The van der Waals surface area contributed by atoms with E-state index in [9.17, 15) is 4.79 Å². The number of hydrogen-bond donors (Lipinski definition) is 3. The number of aromatic nitrogens is 1. The van der Waals surface area contributed by atoms with E-state index in [-0.39, 0.29) is 23.9 Å². The summed E-state index contributed by atoms with van der Waals surface area (Å²) < 4.78 is 10.4. The van der Waals surface area contributed by atoms with Crippen molar-refractivity contribution in [2.45, 2.75) is 32.7 Å². The molecule has 3 N–H and O–H groups in total. The van der Waals surface area contributed by atoms with Crippen LogP contribution < -0.4 is 5.43 Å². The predicted octanol–water partition coefficient (Wildman–Crippen LogP) is 0.519. The fourth-order valence-corrected chi connectivity index (χ4v) is 1.43. The first kappa shape index (κ1) is 14.7. The third kappa shape index (κ3) is 4.14. The fraction of sp³-hybridized carbons (Fsp3) is 0.583. The number of aromatic hydroxyl groups is 1. The highest BCUT2D eigenvalue weighted by atomic mass is 16.7. The molecule has 6 heteroatoms. The molecule has 18 heavy (non-hydrogen) atoms. The van der Waals surface area contributed by atoms with Crippen LogP contribution >= 0.6 is 0 Å². The van der Waals surface area contributed by atoms with Crippen LogP contribution in [0, 0.1) is 6.92 Å². The molecule has 2 rings (SSSR count). The van der Waals surface area contributed by atoms with Crippen LogP contribution in [0.4, 0.5) is 0 Å². The lowest BCUT2D eigenvalue weighted by Crippen LogP contribution is -2.22. The van der Waals surface area contributed by atoms with Gasteiger partial charge in [0, 0.05) is 12.3 Å². The second-order valence-corrected chi connectivity index (χ2v) is 4.45. The molecular weight excluding hydrogens is 238 g/mol. The number of ether oxygens (including phenoxy) is 2. The van der Waals surface area contributed by atoms with Gasteiger partial charge in [0.15, 0.2) is 11.5 Å². The Bertz CT molecular complexity index is 440. The molecule has 102 valence electrons. The first-order valence-electron chi connectivity index (χ1n) is 5.65. The molecule has 1 fully saturated rings. The second-order valence-electron chi connectivity index (χ2n) is 4.45. The van der Waals surface area contributed by atoms with E-state index in [1.807, 2.05) is 13.8 Å². The van der Waals surface area contributed by atoms with Crippen LogP contribution in [0.1, 0.15) is 19.5 Å². The molecule has 0 aliphatic carbocycles. The molecule has 1 saturated heterocycles. The second kappa shape index (κ2) is 5.99. The van der Waals surface area contributed by atoms with Crippen molar-refractivity contribution in [3.05, 3.63) is 28.2 Å². The minimum atomic E-state index is -0.493. The number of hydrogen-bond acceptors (Lipinski definition) is 5. The minimum absolute atomic E-state index is 0.0451. The SMILES string of the molecule is CC1(C)OCC(CO)O1.Cc1[nH]ccc(=O)c1O. The molecule has 2 heterocycles. The number of aliphatic hydroxyl groups excluding tert-OH is 1. The van der Waals surface area contributed by atoms with E-state index < -0.39 is 5.79 Å². The van der Waals surface area contributed by atoms with Crippen LogP contribution in [-0.4, -0.2) is 40.3 Å². The van der Waals surface area contributed by atoms with Gasteiger partial charge in [-0.1, -0.05) is 0 Å². The molecule has 0 amide bonds. The van der Waals surface area contributed by atoms with Gasteiger partial charge >= 0.3 is 0 Å². The van der Waals surface area contributed by atoms with Gasteiger partial charge < -0.3 is 24.7 Å². The summed E-state index contributed by atoms with van der Waals surface area (Å²) in [4.78, 5) is 13.3. The zero-order chi connectivity index (χ0) is 13.8. The van der Waals surface area contributed by atoms with Crippen molar-refractivity contribution in [2.24, 2.45) is 0 Å². The van der Waals surface area contributed by atoms with Crippen molar-refractivity contribution >= 4 is 0 Å². The van der Waals surface area contributed by atoms with Gasteiger partial charge in [0.1, 0.15) is 6.10 Å². The number of H-pyrrole nitrogens is 1. The maximum atomic E-state index is 10.6. The molecule has 0 aromatic carbocycles. The van der Waals surface area contributed by atoms with Crippen molar-refractivity contribution < 1.29 is 19.7 Å². The average molecular weight is 257 g/mol. The maximum absolute atomic E-state index is 10.6. The predicted molar refractivity (Wildman–Crippen MR) is 65.5 cm³/mol. The van der Waals surface area contributed by atoms with Crippen LogP contribution in [-0.2, 0) is 9.47 Å². The van der Waals surface area contributed by atoms with Crippen molar-refractivity contribution in [1.29, 1.82) is 0 Å². The normalized spacial score (nSPS) is 21.2. The summed E-state index contributed by atoms with van der Waals surface area (Å²) in [6.45, 7) is 5.86. The number of rotatable bonds is 1. The van der Waals surface area contributed by atoms with Gasteiger partial charge in [0.05, 0.1) is 18.9 Å². The first-order valence-corrected chi connectivity index (χ1v) is 5.65. The molecule has 1 aliphatic heterocycles. The topological polar surface area (TPSA) is 91.8 Å². The van der Waals surface area contributed by atoms with Gasteiger partial charge in [0.2, 0.25) is 5.43 Å². The molecular formula is C12H19NO5. The average Bonchev–Trinajstić information content (AvgIpc) is 2.67. The number of aliphatic hydroxyl groups is 1. The Labute approximate surface area is 105 Å².